The van der Waals surface area contributed by atoms with Gasteiger partial charge >= 0.3 is 5.97 Å². The summed E-state index contributed by atoms with van der Waals surface area (Å²) in [5, 5.41) is 18.6. The molecule has 2 aromatic rings. The Bertz CT molecular complexity index is 590. The molecule has 0 amide bonds. The summed E-state index contributed by atoms with van der Waals surface area (Å²) in [6, 6.07) is 11.5. The van der Waals surface area contributed by atoms with Crippen molar-refractivity contribution in [1.82, 2.24) is 0 Å². The van der Waals surface area contributed by atoms with Crippen LogP contribution in [0, 0.1) is 0 Å². The fourth-order valence-corrected chi connectivity index (χ4v) is 1.83. The molecule has 0 spiro atoms. The van der Waals surface area contributed by atoms with Gasteiger partial charge in [-0.05, 0) is 23.8 Å². The Kier molecular flexibility index (Phi) is 3.19. The summed E-state index contributed by atoms with van der Waals surface area (Å²) in [6.07, 6.45) is 0. The lowest BCUT2D eigenvalue weighted by molar-refractivity contribution is 0.0693. The van der Waals surface area contributed by atoms with Gasteiger partial charge in [0.15, 0.2) is 0 Å². The fourth-order valence-electron chi connectivity index (χ4n) is 1.83. The molecule has 0 aliphatic carbocycles. The van der Waals surface area contributed by atoms with Crippen molar-refractivity contribution < 1.29 is 19.7 Å². The lowest BCUT2D eigenvalue weighted by Crippen LogP contribution is -2.01. The molecular weight excluding hydrogens is 232 g/mol. The van der Waals surface area contributed by atoms with Crippen LogP contribution in [0.3, 0.4) is 0 Å². The van der Waals surface area contributed by atoms with Gasteiger partial charge in [0, 0.05) is 5.56 Å². The summed E-state index contributed by atoms with van der Waals surface area (Å²) in [5.41, 5.74) is 1.43. The van der Waals surface area contributed by atoms with Gasteiger partial charge in [-0.3, -0.25) is 0 Å². The molecule has 4 heteroatoms. The average Bonchev–Trinajstić information content (AvgIpc) is 2.37. The molecule has 0 heterocycles. The highest BCUT2D eigenvalue weighted by atomic mass is 16.5. The number of para-hydroxylation sites is 1. The Labute approximate surface area is 104 Å². The van der Waals surface area contributed by atoms with E-state index in [9.17, 15) is 9.90 Å². The maximum atomic E-state index is 11.1. The quantitative estimate of drug-likeness (QED) is 0.871. The minimum absolute atomic E-state index is 0.0957. The van der Waals surface area contributed by atoms with Gasteiger partial charge in [-0.2, -0.15) is 0 Å². The molecule has 0 saturated heterocycles. The van der Waals surface area contributed by atoms with E-state index in [1.165, 1.54) is 13.2 Å². The molecule has 0 aliphatic rings. The summed E-state index contributed by atoms with van der Waals surface area (Å²) in [6.45, 7) is 0. The predicted octanol–water partition coefficient (Wildman–Crippen LogP) is 2.77. The lowest BCUT2D eigenvalue weighted by atomic mass is 10.0. The van der Waals surface area contributed by atoms with Crippen LogP contribution in [0.1, 0.15) is 10.4 Å². The molecular formula is C14H12O4. The van der Waals surface area contributed by atoms with Gasteiger partial charge in [-0.1, -0.05) is 24.3 Å². The van der Waals surface area contributed by atoms with Gasteiger partial charge in [0.05, 0.1) is 7.11 Å². The molecule has 0 fully saturated rings. The largest absolute Gasteiger partial charge is 0.508 e. The number of phenolic OH excluding ortho intramolecular Hbond substituents is 1. The van der Waals surface area contributed by atoms with Crippen LogP contribution in [-0.2, 0) is 0 Å². The van der Waals surface area contributed by atoms with Gasteiger partial charge in [-0.25, -0.2) is 4.79 Å². The van der Waals surface area contributed by atoms with Gasteiger partial charge in [0.1, 0.15) is 17.1 Å². The van der Waals surface area contributed by atoms with Gasteiger partial charge in [0.2, 0.25) is 0 Å². The topological polar surface area (TPSA) is 66.8 Å². The van der Waals surface area contributed by atoms with E-state index in [1.54, 1.807) is 36.4 Å². The molecule has 0 unspecified atom stereocenters. The van der Waals surface area contributed by atoms with Crippen molar-refractivity contribution in [3.8, 4) is 22.6 Å². The molecule has 0 bridgehead atoms. The first kappa shape index (κ1) is 12.0. The summed E-state index contributed by atoms with van der Waals surface area (Å²) in [4.78, 5) is 11.1. The second kappa shape index (κ2) is 4.79. The molecule has 2 N–H and O–H groups in total. The second-order valence-corrected chi connectivity index (χ2v) is 3.74. The average molecular weight is 244 g/mol. The maximum absolute atomic E-state index is 11.1. The second-order valence-electron chi connectivity index (χ2n) is 3.74. The fraction of sp³-hybridized carbons (Fsp3) is 0.0714. The first-order chi connectivity index (χ1) is 8.63. The lowest BCUT2D eigenvalue weighted by Gasteiger charge is -2.11. The van der Waals surface area contributed by atoms with Crippen molar-refractivity contribution in [3.05, 3.63) is 48.0 Å². The monoisotopic (exact) mass is 244 g/mol. The van der Waals surface area contributed by atoms with E-state index >= 15 is 0 Å². The maximum Gasteiger partial charge on any atom is 0.339 e. The number of carboxylic acids is 1. The molecule has 2 aromatic carbocycles. The number of hydrogen-bond acceptors (Lipinski definition) is 3. The number of hydrogen-bond donors (Lipinski definition) is 2. The zero-order chi connectivity index (χ0) is 13.1. The third kappa shape index (κ3) is 2.13. The number of carbonyl (C=O) groups is 1. The van der Waals surface area contributed by atoms with Crippen LogP contribution < -0.4 is 4.74 Å². The number of methoxy groups -OCH3 is 1. The molecule has 0 aromatic heterocycles. The van der Waals surface area contributed by atoms with Crippen LogP contribution >= 0.6 is 0 Å². The van der Waals surface area contributed by atoms with E-state index in [0.717, 1.165) is 0 Å². The Morgan fingerprint density at radius 1 is 1.17 bits per heavy atom. The molecule has 0 atom stereocenters. The normalized spacial score (nSPS) is 10.1. The van der Waals surface area contributed by atoms with E-state index in [0.29, 0.717) is 11.1 Å². The van der Waals surface area contributed by atoms with E-state index in [-0.39, 0.29) is 17.1 Å². The number of aromatic hydroxyl groups is 1. The third-order valence-corrected chi connectivity index (χ3v) is 2.61. The van der Waals surface area contributed by atoms with Crippen LogP contribution in [0.4, 0.5) is 0 Å². The first-order valence-corrected chi connectivity index (χ1v) is 5.33. The highest BCUT2D eigenvalue weighted by molar-refractivity contribution is 5.94. The summed E-state index contributed by atoms with van der Waals surface area (Å²) in [7, 11) is 1.42. The molecule has 4 nitrogen and oxygen atoms in total. The zero-order valence-corrected chi connectivity index (χ0v) is 9.75. The number of rotatable bonds is 3. The number of carboxylic acid groups (broad SMARTS) is 1. The van der Waals surface area contributed by atoms with Gasteiger partial charge < -0.3 is 14.9 Å². The highest BCUT2D eigenvalue weighted by Crippen LogP contribution is 2.34. The number of phenols is 1. The van der Waals surface area contributed by atoms with E-state index in [4.69, 9.17) is 9.84 Å². The van der Waals surface area contributed by atoms with Crippen molar-refractivity contribution in [1.29, 1.82) is 0 Å². The van der Waals surface area contributed by atoms with Crippen LogP contribution in [0.5, 0.6) is 11.5 Å². The van der Waals surface area contributed by atoms with E-state index in [1.807, 2.05) is 0 Å². The van der Waals surface area contributed by atoms with Crippen LogP contribution in [0.2, 0.25) is 0 Å². The smallest absolute Gasteiger partial charge is 0.339 e. The molecule has 18 heavy (non-hydrogen) atoms. The van der Waals surface area contributed by atoms with Gasteiger partial charge in [-0.15, -0.1) is 0 Å². The SMILES string of the molecule is COc1c(C(=O)O)cccc1-c1cccc(O)c1. The molecule has 2 rings (SSSR count). The molecule has 92 valence electrons. The summed E-state index contributed by atoms with van der Waals surface area (Å²) >= 11 is 0. The molecule has 0 aliphatic heterocycles. The minimum Gasteiger partial charge on any atom is -0.508 e. The predicted molar refractivity (Wildman–Crippen MR) is 67.1 cm³/mol. The van der Waals surface area contributed by atoms with Crippen molar-refractivity contribution in [3.63, 3.8) is 0 Å². The standard InChI is InChI=1S/C14H12O4/c1-18-13-11(6-3-7-12(13)14(16)17)9-4-2-5-10(15)8-9/h2-8,15H,1H3,(H,16,17). The Hall–Kier alpha value is -2.49. The van der Waals surface area contributed by atoms with Crippen molar-refractivity contribution in [2.24, 2.45) is 0 Å². The Morgan fingerprint density at radius 3 is 2.50 bits per heavy atom. The van der Waals surface area contributed by atoms with E-state index in [2.05, 4.69) is 0 Å². The third-order valence-electron chi connectivity index (χ3n) is 2.61. The number of ether oxygens (including phenoxy) is 1. The number of benzene rings is 2. The molecule has 0 radical (unpaired) electrons. The Morgan fingerprint density at radius 2 is 1.89 bits per heavy atom. The number of aromatic carboxylic acids is 1. The van der Waals surface area contributed by atoms with E-state index < -0.39 is 5.97 Å². The van der Waals surface area contributed by atoms with Crippen LogP contribution in [0.15, 0.2) is 42.5 Å². The molecule has 0 saturated carbocycles. The van der Waals surface area contributed by atoms with Crippen molar-refractivity contribution >= 4 is 5.97 Å². The van der Waals surface area contributed by atoms with Crippen LogP contribution in [-0.4, -0.2) is 23.3 Å². The zero-order valence-electron chi connectivity index (χ0n) is 9.75. The van der Waals surface area contributed by atoms with Crippen LogP contribution in [0.25, 0.3) is 11.1 Å². The minimum atomic E-state index is -1.05. The summed E-state index contributed by atoms with van der Waals surface area (Å²) in [5.74, 6) is -0.639. The van der Waals surface area contributed by atoms with Gasteiger partial charge in [0.25, 0.3) is 0 Å². The van der Waals surface area contributed by atoms with Crippen molar-refractivity contribution in [2.75, 3.05) is 7.11 Å². The highest BCUT2D eigenvalue weighted by Gasteiger charge is 2.15. The summed E-state index contributed by atoms with van der Waals surface area (Å²) < 4.78 is 5.17. The Balaban J connectivity index is 2.64. The first-order valence-electron chi connectivity index (χ1n) is 5.33. The van der Waals surface area contributed by atoms with Crippen molar-refractivity contribution in [2.45, 2.75) is 0 Å².